The van der Waals surface area contributed by atoms with E-state index in [2.05, 4.69) is 5.32 Å². The van der Waals surface area contributed by atoms with Gasteiger partial charge in [0.05, 0.1) is 11.1 Å². The fourth-order valence-electron chi connectivity index (χ4n) is 1.67. The molecule has 1 aromatic rings. The van der Waals surface area contributed by atoms with E-state index in [9.17, 15) is 9.18 Å². The Hall–Kier alpha value is -2.09. The first-order valence-corrected chi connectivity index (χ1v) is 5.25. The molecule has 2 N–H and O–H groups in total. The molecule has 0 heterocycles. The zero-order valence-corrected chi connectivity index (χ0v) is 9.03. The predicted molar refractivity (Wildman–Crippen MR) is 58.9 cm³/mol. The van der Waals surface area contributed by atoms with E-state index in [0.717, 1.165) is 0 Å². The lowest BCUT2D eigenvalue weighted by Crippen LogP contribution is -2.24. The first-order valence-electron chi connectivity index (χ1n) is 5.25. The van der Waals surface area contributed by atoms with Crippen molar-refractivity contribution in [1.82, 2.24) is 0 Å². The minimum absolute atomic E-state index is 0.0753. The summed E-state index contributed by atoms with van der Waals surface area (Å²) < 4.78 is 13.3. The lowest BCUT2D eigenvalue weighted by molar-refractivity contribution is -0.142. The summed E-state index contributed by atoms with van der Waals surface area (Å²) in [6.07, 6.45) is 1.24. The maximum atomic E-state index is 13.3. The van der Waals surface area contributed by atoms with Crippen LogP contribution in [-0.2, 0) is 4.79 Å². The fourth-order valence-corrected chi connectivity index (χ4v) is 1.67. The third-order valence-corrected chi connectivity index (χ3v) is 3.05. The second-order valence-electron chi connectivity index (χ2n) is 4.21. The van der Waals surface area contributed by atoms with E-state index in [4.69, 9.17) is 10.4 Å². The van der Waals surface area contributed by atoms with Crippen LogP contribution in [0.2, 0.25) is 0 Å². The highest BCUT2D eigenvalue weighted by Crippen LogP contribution is 2.45. The average Bonchev–Trinajstić information content (AvgIpc) is 3.07. The maximum Gasteiger partial charge on any atom is 0.311 e. The molecule has 4 nitrogen and oxygen atoms in total. The monoisotopic (exact) mass is 234 g/mol. The molecule has 0 bridgehead atoms. The number of carboxylic acid groups (broad SMARTS) is 1. The van der Waals surface area contributed by atoms with Gasteiger partial charge in [-0.25, -0.2) is 4.39 Å². The molecule has 0 unspecified atom stereocenters. The van der Waals surface area contributed by atoms with Gasteiger partial charge in [-0.3, -0.25) is 4.79 Å². The first kappa shape index (κ1) is 11.4. The van der Waals surface area contributed by atoms with Gasteiger partial charge >= 0.3 is 5.97 Å². The van der Waals surface area contributed by atoms with Crippen molar-refractivity contribution in [2.45, 2.75) is 12.8 Å². The van der Waals surface area contributed by atoms with E-state index in [1.165, 1.54) is 12.1 Å². The van der Waals surface area contributed by atoms with Gasteiger partial charge in [-0.15, -0.1) is 0 Å². The van der Waals surface area contributed by atoms with Crippen molar-refractivity contribution in [2.24, 2.45) is 5.41 Å². The van der Waals surface area contributed by atoms with E-state index in [-0.39, 0.29) is 12.1 Å². The Labute approximate surface area is 97.7 Å². The van der Waals surface area contributed by atoms with E-state index < -0.39 is 17.2 Å². The molecule has 0 atom stereocenters. The SMILES string of the molecule is N#Cc1c(F)cccc1NCC1(C(=O)O)CC1. The minimum Gasteiger partial charge on any atom is -0.481 e. The van der Waals surface area contributed by atoms with Gasteiger partial charge in [0.25, 0.3) is 0 Å². The Bertz CT molecular complexity index is 504. The van der Waals surface area contributed by atoms with Crippen molar-refractivity contribution in [3.05, 3.63) is 29.6 Å². The number of hydrogen-bond acceptors (Lipinski definition) is 3. The average molecular weight is 234 g/mol. The number of rotatable bonds is 4. The number of carbonyl (C=O) groups is 1. The van der Waals surface area contributed by atoms with Crippen LogP contribution in [0.15, 0.2) is 18.2 Å². The summed E-state index contributed by atoms with van der Waals surface area (Å²) in [7, 11) is 0. The highest BCUT2D eigenvalue weighted by molar-refractivity contribution is 5.78. The molecule has 1 aromatic carbocycles. The first-order chi connectivity index (χ1) is 8.09. The van der Waals surface area contributed by atoms with Crippen LogP contribution in [0.3, 0.4) is 0 Å². The second-order valence-corrected chi connectivity index (χ2v) is 4.21. The predicted octanol–water partition coefficient (Wildman–Crippen LogP) is 1.97. The highest BCUT2D eigenvalue weighted by atomic mass is 19.1. The van der Waals surface area contributed by atoms with Crippen LogP contribution in [0, 0.1) is 22.6 Å². The smallest absolute Gasteiger partial charge is 0.311 e. The number of anilines is 1. The molecular weight excluding hydrogens is 223 g/mol. The number of halogens is 1. The molecule has 0 saturated heterocycles. The van der Waals surface area contributed by atoms with Gasteiger partial charge in [0.15, 0.2) is 0 Å². The highest BCUT2D eigenvalue weighted by Gasteiger charge is 2.50. The normalized spacial score (nSPS) is 16.0. The fraction of sp³-hybridized carbons (Fsp3) is 0.333. The van der Waals surface area contributed by atoms with Crippen LogP contribution in [0.4, 0.5) is 10.1 Å². The Morgan fingerprint density at radius 2 is 2.29 bits per heavy atom. The molecule has 5 heteroatoms. The van der Waals surface area contributed by atoms with Crippen molar-refractivity contribution in [1.29, 1.82) is 5.26 Å². The Morgan fingerprint density at radius 1 is 1.59 bits per heavy atom. The van der Waals surface area contributed by atoms with Gasteiger partial charge in [0, 0.05) is 6.54 Å². The van der Waals surface area contributed by atoms with Crippen LogP contribution in [0.25, 0.3) is 0 Å². The molecule has 1 aliphatic carbocycles. The molecule has 1 aliphatic rings. The van der Waals surface area contributed by atoms with Gasteiger partial charge in [0.1, 0.15) is 17.4 Å². The minimum atomic E-state index is -0.847. The maximum absolute atomic E-state index is 13.3. The topological polar surface area (TPSA) is 73.1 Å². The molecular formula is C12H11FN2O2. The van der Waals surface area contributed by atoms with Gasteiger partial charge in [-0.05, 0) is 25.0 Å². The van der Waals surface area contributed by atoms with E-state index in [1.807, 2.05) is 0 Å². The van der Waals surface area contributed by atoms with E-state index >= 15 is 0 Å². The molecule has 17 heavy (non-hydrogen) atoms. The number of carboxylic acids is 1. The number of nitriles is 1. The summed E-state index contributed by atoms with van der Waals surface area (Å²) >= 11 is 0. The number of nitrogens with one attached hydrogen (secondary N) is 1. The summed E-state index contributed by atoms with van der Waals surface area (Å²) in [5.41, 5.74) is -0.465. The van der Waals surface area contributed by atoms with Crippen LogP contribution < -0.4 is 5.32 Å². The standard InChI is InChI=1S/C12H11FN2O2/c13-9-2-1-3-10(8(9)6-14)15-7-12(4-5-12)11(16)17/h1-3,15H,4-5,7H2,(H,16,17). The largest absolute Gasteiger partial charge is 0.481 e. The zero-order valence-electron chi connectivity index (χ0n) is 9.03. The van der Waals surface area contributed by atoms with Gasteiger partial charge < -0.3 is 10.4 Å². The van der Waals surface area contributed by atoms with Crippen LogP contribution >= 0.6 is 0 Å². The third-order valence-electron chi connectivity index (χ3n) is 3.05. The summed E-state index contributed by atoms with van der Waals surface area (Å²) in [5.74, 6) is -1.45. The summed E-state index contributed by atoms with van der Waals surface area (Å²) in [5, 5.41) is 20.6. The third kappa shape index (κ3) is 2.07. The number of benzene rings is 1. The number of aliphatic carboxylic acids is 1. The summed E-state index contributed by atoms with van der Waals surface area (Å²) in [4.78, 5) is 10.9. The molecule has 0 amide bonds. The number of hydrogen-bond donors (Lipinski definition) is 2. The van der Waals surface area contributed by atoms with E-state index in [0.29, 0.717) is 18.5 Å². The van der Waals surface area contributed by atoms with Gasteiger partial charge in [-0.1, -0.05) is 6.07 Å². The quantitative estimate of drug-likeness (QED) is 0.835. The molecule has 0 aromatic heterocycles. The van der Waals surface area contributed by atoms with Crippen molar-refractivity contribution in [2.75, 3.05) is 11.9 Å². The lowest BCUT2D eigenvalue weighted by Gasteiger charge is -2.13. The van der Waals surface area contributed by atoms with Crippen LogP contribution in [0.5, 0.6) is 0 Å². The molecule has 1 saturated carbocycles. The van der Waals surface area contributed by atoms with Crippen molar-refractivity contribution < 1.29 is 14.3 Å². The Morgan fingerprint density at radius 3 is 2.82 bits per heavy atom. The van der Waals surface area contributed by atoms with E-state index in [1.54, 1.807) is 12.1 Å². The van der Waals surface area contributed by atoms with Gasteiger partial charge in [0.2, 0.25) is 0 Å². The lowest BCUT2D eigenvalue weighted by atomic mass is 10.1. The summed E-state index contributed by atoms with van der Waals surface area (Å²) in [6, 6.07) is 6.02. The van der Waals surface area contributed by atoms with Crippen molar-refractivity contribution in [3.8, 4) is 6.07 Å². The molecule has 0 aliphatic heterocycles. The molecule has 1 fully saturated rings. The molecule has 2 rings (SSSR count). The molecule has 88 valence electrons. The molecule has 0 radical (unpaired) electrons. The van der Waals surface area contributed by atoms with Crippen LogP contribution in [0.1, 0.15) is 18.4 Å². The second kappa shape index (κ2) is 4.06. The number of nitrogens with zero attached hydrogens (tertiary/aromatic N) is 1. The van der Waals surface area contributed by atoms with Crippen LogP contribution in [-0.4, -0.2) is 17.6 Å². The Balaban J connectivity index is 2.13. The van der Waals surface area contributed by atoms with Crippen molar-refractivity contribution in [3.63, 3.8) is 0 Å². The summed E-state index contributed by atoms with van der Waals surface area (Å²) in [6.45, 7) is 0.223. The van der Waals surface area contributed by atoms with Gasteiger partial charge in [-0.2, -0.15) is 5.26 Å². The zero-order chi connectivity index (χ0) is 12.5. The van der Waals surface area contributed by atoms with Crippen molar-refractivity contribution >= 4 is 11.7 Å². The Kier molecular flexibility index (Phi) is 2.72. The molecule has 0 spiro atoms.